The lowest BCUT2D eigenvalue weighted by Gasteiger charge is -2.40. The molecule has 1 amide bonds. The van der Waals surface area contributed by atoms with E-state index in [9.17, 15) is 4.79 Å². The van der Waals surface area contributed by atoms with Crippen molar-refractivity contribution in [2.45, 2.75) is 33.0 Å². The Morgan fingerprint density at radius 2 is 1.86 bits per heavy atom. The molecule has 0 bridgehead atoms. The molecule has 0 fully saturated rings. The predicted octanol–water partition coefficient (Wildman–Crippen LogP) is 3.97. The second-order valence-electron chi connectivity index (χ2n) is 5.81. The number of fused-ring (bicyclic) bond motifs is 1. The van der Waals surface area contributed by atoms with Crippen LogP contribution in [-0.2, 0) is 0 Å². The Balaban J connectivity index is 2.09. The molecule has 2 aromatic rings. The van der Waals surface area contributed by atoms with Gasteiger partial charge in [-0.15, -0.1) is 0 Å². The summed E-state index contributed by atoms with van der Waals surface area (Å²) in [5.74, 6) is 0.0888. The molecule has 0 radical (unpaired) electrons. The van der Waals surface area contributed by atoms with Crippen LogP contribution in [0, 0.1) is 6.92 Å². The summed E-state index contributed by atoms with van der Waals surface area (Å²) in [4.78, 5) is 14.7. The Morgan fingerprint density at radius 1 is 1.10 bits per heavy atom. The number of hydrogen-bond donors (Lipinski definition) is 1. The molecule has 21 heavy (non-hydrogen) atoms. The van der Waals surface area contributed by atoms with E-state index < -0.39 is 0 Å². The molecule has 0 aliphatic carbocycles. The fraction of sp³-hybridized carbons (Fsp3) is 0.278. The van der Waals surface area contributed by atoms with Crippen molar-refractivity contribution in [1.82, 2.24) is 4.90 Å². The quantitative estimate of drug-likeness (QED) is 0.902. The molecule has 0 aromatic heterocycles. The van der Waals surface area contributed by atoms with Crippen molar-refractivity contribution in [1.29, 1.82) is 0 Å². The first-order chi connectivity index (χ1) is 10.1. The van der Waals surface area contributed by atoms with E-state index in [0.29, 0.717) is 0 Å². The highest BCUT2D eigenvalue weighted by molar-refractivity contribution is 6.01. The maximum absolute atomic E-state index is 12.8. The number of carbonyl (C=O) groups is 1. The summed E-state index contributed by atoms with van der Waals surface area (Å²) >= 11 is 0. The molecule has 1 N–H and O–H groups in total. The van der Waals surface area contributed by atoms with Crippen molar-refractivity contribution in [3.63, 3.8) is 0 Å². The van der Waals surface area contributed by atoms with E-state index in [1.807, 2.05) is 35.2 Å². The number of carbonyl (C=O) groups excluding carboxylic acids is 1. The Morgan fingerprint density at radius 3 is 2.57 bits per heavy atom. The molecule has 1 unspecified atom stereocenters. The zero-order valence-corrected chi connectivity index (χ0v) is 12.6. The van der Waals surface area contributed by atoms with Crippen molar-refractivity contribution in [2.75, 3.05) is 5.32 Å². The van der Waals surface area contributed by atoms with Gasteiger partial charge in [0.2, 0.25) is 0 Å². The number of rotatable bonds is 2. The van der Waals surface area contributed by atoms with Crippen LogP contribution in [-0.4, -0.2) is 16.8 Å². The SMILES string of the molecule is Cc1cccc(C2Nc3ccccc3C(=O)N2C(C)C)c1. The normalized spacial score (nSPS) is 17.6. The molecule has 1 aliphatic heterocycles. The minimum atomic E-state index is -0.118. The van der Waals surface area contributed by atoms with Gasteiger partial charge in [0.05, 0.1) is 5.56 Å². The largest absolute Gasteiger partial charge is 0.361 e. The van der Waals surface area contributed by atoms with Crippen LogP contribution in [0.3, 0.4) is 0 Å². The highest BCUT2D eigenvalue weighted by atomic mass is 16.2. The third kappa shape index (κ3) is 2.40. The molecule has 3 heteroatoms. The minimum Gasteiger partial charge on any atom is -0.361 e. The lowest BCUT2D eigenvalue weighted by Crippen LogP contribution is -2.46. The monoisotopic (exact) mass is 280 g/mol. The van der Waals surface area contributed by atoms with Crippen LogP contribution >= 0.6 is 0 Å². The lowest BCUT2D eigenvalue weighted by atomic mass is 10.0. The Labute approximate surface area is 125 Å². The van der Waals surface area contributed by atoms with Crippen LogP contribution in [0.4, 0.5) is 5.69 Å². The van der Waals surface area contributed by atoms with Gasteiger partial charge in [0.1, 0.15) is 6.17 Å². The Kier molecular flexibility index (Phi) is 3.42. The Hall–Kier alpha value is -2.29. The zero-order chi connectivity index (χ0) is 15.0. The molecule has 1 atom stereocenters. The average Bonchev–Trinajstić information content (AvgIpc) is 2.46. The van der Waals surface area contributed by atoms with E-state index in [1.165, 1.54) is 5.56 Å². The first kappa shape index (κ1) is 13.7. The number of aryl methyl sites for hydroxylation is 1. The van der Waals surface area contributed by atoms with Crippen LogP contribution in [0.25, 0.3) is 0 Å². The van der Waals surface area contributed by atoms with Gasteiger partial charge in [-0.25, -0.2) is 0 Å². The van der Waals surface area contributed by atoms with Gasteiger partial charge in [-0.05, 0) is 38.5 Å². The fourth-order valence-corrected chi connectivity index (χ4v) is 2.89. The van der Waals surface area contributed by atoms with Gasteiger partial charge < -0.3 is 10.2 Å². The van der Waals surface area contributed by atoms with Crippen LogP contribution < -0.4 is 5.32 Å². The van der Waals surface area contributed by atoms with Gasteiger partial charge in [-0.1, -0.05) is 42.0 Å². The summed E-state index contributed by atoms with van der Waals surface area (Å²) in [5.41, 5.74) is 3.97. The smallest absolute Gasteiger partial charge is 0.258 e. The molecule has 108 valence electrons. The first-order valence-electron chi connectivity index (χ1n) is 7.32. The molecule has 0 saturated carbocycles. The minimum absolute atomic E-state index is 0.0888. The second-order valence-corrected chi connectivity index (χ2v) is 5.81. The van der Waals surface area contributed by atoms with Gasteiger partial charge in [-0.2, -0.15) is 0 Å². The summed E-state index contributed by atoms with van der Waals surface area (Å²) in [5, 5.41) is 3.51. The highest BCUT2D eigenvalue weighted by Crippen LogP contribution is 2.34. The second kappa shape index (κ2) is 5.24. The number of hydrogen-bond acceptors (Lipinski definition) is 2. The topological polar surface area (TPSA) is 32.3 Å². The van der Waals surface area contributed by atoms with E-state index >= 15 is 0 Å². The summed E-state index contributed by atoms with van der Waals surface area (Å²) in [6.45, 7) is 6.18. The summed E-state index contributed by atoms with van der Waals surface area (Å²) < 4.78 is 0. The predicted molar refractivity (Wildman–Crippen MR) is 85.3 cm³/mol. The number of benzene rings is 2. The maximum Gasteiger partial charge on any atom is 0.258 e. The van der Waals surface area contributed by atoms with Crippen LogP contribution in [0.5, 0.6) is 0 Å². The van der Waals surface area contributed by atoms with Crippen molar-refractivity contribution in [3.05, 3.63) is 65.2 Å². The molecular formula is C18H20N2O. The first-order valence-corrected chi connectivity index (χ1v) is 7.32. The van der Waals surface area contributed by atoms with Crippen LogP contribution in [0.2, 0.25) is 0 Å². The van der Waals surface area contributed by atoms with E-state index in [2.05, 4.69) is 44.3 Å². The number of nitrogens with zero attached hydrogens (tertiary/aromatic N) is 1. The summed E-state index contributed by atoms with van der Waals surface area (Å²) in [7, 11) is 0. The molecule has 2 aromatic carbocycles. The van der Waals surface area contributed by atoms with Crippen LogP contribution in [0.1, 0.15) is 41.5 Å². The van der Waals surface area contributed by atoms with Gasteiger partial charge in [0, 0.05) is 11.7 Å². The molecule has 3 nitrogen and oxygen atoms in total. The highest BCUT2D eigenvalue weighted by Gasteiger charge is 2.34. The van der Waals surface area contributed by atoms with Crippen LogP contribution in [0.15, 0.2) is 48.5 Å². The van der Waals surface area contributed by atoms with Crippen molar-refractivity contribution in [3.8, 4) is 0 Å². The van der Waals surface area contributed by atoms with Crippen molar-refractivity contribution in [2.24, 2.45) is 0 Å². The van der Waals surface area contributed by atoms with Gasteiger partial charge >= 0.3 is 0 Å². The average molecular weight is 280 g/mol. The molecule has 0 saturated heterocycles. The third-order valence-corrected chi connectivity index (χ3v) is 3.88. The molecule has 1 aliphatic rings. The number of anilines is 1. The van der Waals surface area contributed by atoms with Gasteiger partial charge in [0.15, 0.2) is 0 Å². The summed E-state index contributed by atoms with van der Waals surface area (Å²) in [6, 6.07) is 16.2. The maximum atomic E-state index is 12.8. The third-order valence-electron chi connectivity index (χ3n) is 3.88. The molecule has 3 rings (SSSR count). The zero-order valence-electron chi connectivity index (χ0n) is 12.6. The van der Waals surface area contributed by atoms with Crippen molar-refractivity contribution < 1.29 is 4.79 Å². The summed E-state index contributed by atoms with van der Waals surface area (Å²) in [6.07, 6.45) is -0.118. The Bertz CT molecular complexity index is 678. The van der Waals surface area contributed by atoms with E-state index in [4.69, 9.17) is 0 Å². The van der Waals surface area contributed by atoms with E-state index in [-0.39, 0.29) is 18.1 Å². The van der Waals surface area contributed by atoms with E-state index in [0.717, 1.165) is 16.8 Å². The number of nitrogens with one attached hydrogen (secondary N) is 1. The lowest BCUT2D eigenvalue weighted by molar-refractivity contribution is 0.0617. The van der Waals surface area contributed by atoms with Crippen molar-refractivity contribution >= 4 is 11.6 Å². The van der Waals surface area contributed by atoms with Gasteiger partial charge in [-0.3, -0.25) is 4.79 Å². The standard InChI is InChI=1S/C18H20N2O/c1-12(2)20-17(14-8-6-7-13(3)11-14)19-16-10-5-4-9-15(16)18(20)21/h4-12,17,19H,1-3H3. The van der Waals surface area contributed by atoms with Gasteiger partial charge in [0.25, 0.3) is 5.91 Å². The molecule has 0 spiro atoms. The molecule has 1 heterocycles. The molecular weight excluding hydrogens is 260 g/mol. The van der Waals surface area contributed by atoms with E-state index in [1.54, 1.807) is 0 Å². The fourth-order valence-electron chi connectivity index (χ4n) is 2.89. The number of para-hydroxylation sites is 1. The number of amides is 1.